The van der Waals surface area contributed by atoms with E-state index >= 15 is 0 Å². The van der Waals surface area contributed by atoms with Crippen molar-refractivity contribution in [3.63, 3.8) is 0 Å². The lowest BCUT2D eigenvalue weighted by Crippen LogP contribution is -2.21. The number of nitriles is 1. The second-order valence-electron chi connectivity index (χ2n) is 6.13. The van der Waals surface area contributed by atoms with Crippen LogP contribution in [0.5, 0.6) is 0 Å². The molecule has 1 rings (SSSR count). The Hall–Kier alpha value is -2.35. The molecule has 22 heavy (non-hydrogen) atoms. The first-order valence-corrected chi connectivity index (χ1v) is 7.16. The van der Waals surface area contributed by atoms with E-state index in [0.29, 0.717) is 29.1 Å². The van der Waals surface area contributed by atoms with Gasteiger partial charge in [-0.2, -0.15) is 5.26 Å². The Morgan fingerprint density at radius 3 is 2.36 bits per heavy atom. The molecular weight excluding hydrogens is 280 g/mol. The van der Waals surface area contributed by atoms with Gasteiger partial charge in [0, 0.05) is 16.8 Å². The molecule has 1 aromatic rings. The summed E-state index contributed by atoms with van der Waals surface area (Å²) in [6.45, 7) is 10.8. The number of Topliss-reactive ketones (excluding diaryl/α,β-unsaturated/α-hetero) is 1. The van der Waals surface area contributed by atoms with Crippen LogP contribution >= 0.6 is 0 Å². The van der Waals surface area contributed by atoms with Crippen LogP contribution < -0.4 is 0 Å². The van der Waals surface area contributed by atoms with Crippen LogP contribution in [0.25, 0.3) is 6.08 Å². The molecule has 1 N–H and O–H groups in total. The van der Waals surface area contributed by atoms with E-state index < -0.39 is 11.4 Å². The molecule has 1 heterocycles. The first kappa shape index (κ1) is 17.7. The molecule has 0 aliphatic rings. The number of carbonyl (C=O) groups is 2. The van der Waals surface area contributed by atoms with E-state index in [2.05, 4.69) is 4.98 Å². The second-order valence-corrected chi connectivity index (χ2v) is 6.13. The van der Waals surface area contributed by atoms with Gasteiger partial charge in [-0.25, -0.2) is 4.79 Å². The smallest absolute Gasteiger partial charge is 0.340 e. The lowest BCUT2D eigenvalue weighted by molar-refractivity contribution is -0.121. The summed E-state index contributed by atoms with van der Waals surface area (Å²) in [5, 5.41) is 9.24. The lowest BCUT2D eigenvalue weighted by atomic mass is 9.86. The van der Waals surface area contributed by atoms with Crippen LogP contribution in [-0.2, 0) is 9.53 Å². The van der Waals surface area contributed by atoms with Crippen molar-refractivity contribution in [3.05, 3.63) is 28.1 Å². The summed E-state index contributed by atoms with van der Waals surface area (Å²) in [6.07, 6.45) is 1.50. The molecule has 5 heteroatoms. The van der Waals surface area contributed by atoms with Gasteiger partial charge in [-0.3, -0.25) is 4.79 Å². The van der Waals surface area contributed by atoms with Gasteiger partial charge in [-0.1, -0.05) is 20.8 Å². The largest absolute Gasteiger partial charge is 0.462 e. The predicted molar refractivity (Wildman–Crippen MR) is 84.3 cm³/mol. The number of aryl methyl sites for hydroxylation is 1. The molecule has 0 saturated heterocycles. The summed E-state index contributed by atoms with van der Waals surface area (Å²) in [5.41, 5.74) is 1.78. The number of allylic oxidation sites excluding steroid dienone is 1. The van der Waals surface area contributed by atoms with Crippen LogP contribution in [0.15, 0.2) is 5.57 Å². The number of H-pyrrole nitrogens is 1. The van der Waals surface area contributed by atoms with Gasteiger partial charge < -0.3 is 9.72 Å². The van der Waals surface area contributed by atoms with Crippen molar-refractivity contribution in [2.75, 3.05) is 6.61 Å². The van der Waals surface area contributed by atoms with E-state index in [4.69, 9.17) is 4.74 Å². The number of aromatic nitrogens is 1. The fourth-order valence-electron chi connectivity index (χ4n) is 2.12. The van der Waals surface area contributed by atoms with E-state index in [1.807, 2.05) is 6.07 Å². The summed E-state index contributed by atoms with van der Waals surface area (Å²) >= 11 is 0. The molecule has 0 atom stereocenters. The van der Waals surface area contributed by atoms with Gasteiger partial charge in [0.05, 0.1) is 17.7 Å². The van der Waals surface area contributed by atoms with Gasteiger partial charge in [0.15, 0.2) is 5.78 Å². The molecule has 0 aliphatic carbocycles. The van der Waals surface area contributed by atoms with Crippen molar-refractivity contribution < 1.29 is 14.3 Å². The topological polar surface area (TPSA) is 82.9 Å². The monoisotopic (exact) mass is 302 g/mol. The highest BCUT2D eigenvalue weighted by molar-refractivity contribution is 6.06. The number of carbonyl (C=O) groups excluding carboxylic acids is 2. The summed E-state index contributed by atoms with van der Waals surface area (Å²) in [6, 6.07) is 1.94. The minimum Gasteiger partial charge on any atom is -0.462 e. The van der Waals surface area contributed by atoms with Crippen molar-refractivity contribution >= 4 is 17.8 Å². The molecule has 0 bridgehead atoms. The fraction of sp³-hybridized carbons (Fsp3) is 0.471. The zero-order valence-corrected chi connectivity index (χ0v) is 14.0. The van der Waals surface area contributed by atoms with Crippen molar-refractivity contribution in [1.29, 1.82) is 5.26 Å². The van der Waals surface area contributed by atoms with Gasteiger partial charge in [-0.15, -0.1) is 0 Å². The summed E-state index contributed by atoms with van der Waals surface area (Å²) in [5.74, 6) is -0.645. The molecule has 0 spiro atoms. The first-order chi connectivity index (χ1) is 10.1. The fourth-order valence-corrected chi connectivity index (χ4v) is 2.12. The molecule has 0 aliphatic heterocycles. The Morgan fingerprint density at radius 2 is 1.91 bits per heavy atom. The van der Waals surface area contributed by atoms with Crippen LogP contribution in [0.3, 0.4) is 0 Å². The van der Waals surface area contributed by atoms with Gasteiger partial charge in [0.1, 0.15) is 6.07 Å². The average molecular weight is 302 g/mol. The highest BCUT2D eigenvalue weighted by Gasteiger charge is 2.26. The Balaban J connectivity index is 3.32. The minimum absolute atomic E-state index is 0.0623. The SMILES string of the molecule is CCOC(=O)c1c(C)[nH]c(/C=C(\C#N)C(=O)C(C)(C)C)c1C. The third-order valence-electron chi connectivity index (χ3n) is 3.29. The maximum absolute atomic E-state index is 12.2. The maximum Gasteiger partial charge on any atom is 0.340 e. The standard InChI is InChI=1S/C17H22N2O3/c1-7-22-16(21)14-10(2)13(19-11(14)3)8-12(9-18)15(20)17(4,5)6/h8,19H,7H2,1-6H3/b12-8+. The normalized spacial score (nSPS) is 12.0. The molecule has 118 valence electrons. The van der Waals surface area contributed by atoms with Crippen molar-refractivity contribution in [2.24, 2.45) is 5.41 Å². The minimum atomic E-state index is -0.638. The van der Waals surface area contributed by atoms with E-state index in [1.165, 1.54) is 6.08 Å². The molecule has 5 nitrogen and oxygen atoms in total. The third-order valence-corrected chi connectivity index (χ3v) is 3.29. The quantitative estimate of drug-likeness (QED) is 0.525. The highest BCUT2D eigenvalue weighted by Crippen LogP contribution is 2.24. The van der Waals surface area contributed by atoms with Gasteiger partial charge in [-0.05, 0) is 32.4 Å². The van der Waals surface area contributed by atoms with E-state index in [-0.39, 0.29) is 11.4 Å². The number of ketones is 1. The number of esters is 1. The number of hydrogen-bond donors (Lipinski definition) is 1. The second kappa shape index (κ2) is 6.61. The van der Waals surface area contributed by atoms with Crippen LogP contribution in [0.1, 0.15) is 55.0 Å². The Bertz CT molecular complexity index is 667. The predicted octanol–water partition coefficient (Wildman–Crippen LogP) is 3.33. The Kier molecular flexibility index (Phi) is 5.32. The van der Waals surface area contributed by atoms with Crippen LogP contribution in [0.4, 0.5) is 0 Å². The zero-order chi connectivity index (χ0) is 17.1. The molecular formula is C17H22N2O3. The molecule has 0 unspecified atom stereocenters. The number of hydrogen-bond acceptors (Lipinski definition) is 4. The number of rotatable bonds is 4. The Morgan fingerprint density at radius 1 is 1.32 bits per heavy atom. The van der Waals surface area contributed by atoms with Gasteiger partial charge >= 0.3 is 5.97 Å². The molecule has 0 amide bonds. The van der Waals surface area contributed by atoms with Crippen LogP contribution in [0, 0.1) is 30.6 Å². The van der Waals surface area contributed by atoms with E-state index in [1.54, 1.807) is 41.5 Å². The maximum atomic E-state index is 12.2. The molecule has 0 fully saturated rings. The summed E-state index contributed by atoms with van der Waals surface area (Å²) in [4.78, 5) is 27.2. The average Bonchev–Trinajstić information content (AvgIpc) is 2.69. The molecule has 0 aromatic carbocycles. The van der Waals surface area contributed by atoms with E-state index in [0.717, 1.165) is 0 Å². The number of nitrogens with one attached hydrogen (secondary N) is 1. The molecule has 1 aromatic heterocycles. The van der Waals surface area contributed by atoms with Gasteiger partial charge in [0.25, 0.3) is 0 Å². The van der Waals surface area contributed by atoms with Crippen molar-refractivity contribution in [1.82, 2.24) is 4.98 Å². The lowest BCUT2D eigenvalue weighted by Gasteiger charge is -2.15. The summed E-state index contributed by atoms with van der Waals surface area (Å²) < 4.78 is 5.02. The third kappa shape index (κ3) is 3.64. The summed E-state index contributed by atoms with van der Waals surface area (Å²) in [7, 11) is 0. The zero-order valence-electron chi connectivity index (χ0n) is 14.0. The number of ether oxygens (including phenoxy) is 1. The highest BCUT2D eigenvalue weighted by atomic mass is 16.5. The Labute approximate surface area is 131 Å². The number of aromatic amines is 1. The first-order valence-electron chi connectivity index (χ1n) is 7.16. The molecule has 0 saturated carbocycles. The van der Waals surface area contributed by atoms with Gasteiger partial charge in [0.2, 0.25) is 0 Å². The van der Waals surface area contributed by atoms with Crippen LogP contribution in [-0.4, -0.2) is 23.3 Å². The van der Waals surface area contributed by atoms with E-state index in [9.17, 15) is 14.9 Å². The molecule has 0 radical (unpaired) electrons. The van der Waals surface area contributed by atoms with Crippen molar-refractivity contribution in [3.8, 4) is 6.07 Å². The number of nitrogens with zero attached hydrogens (tertiary/aromatic N) is 1. The van der Waals surface area contributed by atoms with Crippen LogP contribution in [0.2, 0.25) is 0 Å². The van der Waals surface area contributed by atoms with Crippen molar-refractivity contribution in [2.45, 2.75) is 41.5 Å².